The lowest BCUT2D eigenvalue weighted by atomic mass is 9.92. The molecule has 3 N–H and O–H groups in total. The molecular formula is C12H25NO2. The smallest absolute Gasteiger partial charge is 0.0804 e. The molecule has 15 heavy (non-hydrogen) atoms. The van der Waals surface area contributed by atoms with Crippen LogP contribution >= 0.6 is 0 Å². The van der Waals surface area contributed by atoms with E-state index in [1.165, 1.54) is 25.7 Å². The highest BCUT2D eigenvalue weighted by molar-refractivity contribution is 4.86. The summed E-state index contributed by atoms with van der Waals surface area (Å²) in [5.74, 6) is 0. The molecule has 3 heteroatoms. The van der Waals surface area contributed by atoms with Crippen LogP contribution in [0.15, 0.2) is 0 Å². The second-order valence-corrected chi connectivity index (χ2v) is 5.03. The van der Waals surface area contributed by atoms with Crippen molar-refractivity contribution in [3.8, 4) is 0 Å². The quantitative estimate of drug-likeness (QED) is 0.703. The third-order valence-corrected chi connectivity index (χ3v) is 3.41. The number of aliphatic hydroxyl groups excluding tert-OH is 1. The Labute approximate surface area is 93.0 Å². The fourth-order valence-corrected chi connectivity index (χ4v) is 2.01. The highest BCUT2D eigenvalue weighted by atomic mass is 16.5. The molecule has 0 heterocycles. The van der Waals surface area contributed by atoms with Gasteiger partial charge in [0.25, 0.3) is 0 Å². The van der Waals surface area contributed by atoms with Crippen LogP contribution in [0, 0.1) is 0 Å². The highest BCUT2D eigenvalue weighted by Gasteiger charge is 2.27. The summed E-state index contributed by atoms with van der Waals surface area (Å²) in [5.41, 5.74) is 6.15. The molecule has 0 bridgehead atoms. The van der Waals surface area contributed by atoms with Gasteiger partial charge in [-0.25, -0.2) is 0 Å². The van der Waals surface area contributed by atoms with E-state index in [1.54, 1.807) is 6.92 Å². The van der Waals surface area contributed by atoms with E-state index >= 15 is 0 Å². The Bertz CT molecular complexity index is 174. The molecule has 2 unspecified atom stereocenters. The molecule has 0 aromatic rings. The summed E-state index contributed by atoms with van der Waals surface area (Å²) in [6.45, 7) is 4.23. The fraction of sp³-hybridized carbons (Fsp3) is 1.00. The van der Waals surface area contributed by atoms with E-state index in [0.717, 1.165) is 12.8 Å². The molecule has 1 fully saturated rings. The van der Waals surface area contributed by atoms with Crippen LogP contribution in [0.1, 0.15) is 52.4 Å². The molecule has 0 aromatic carbocycles. The predicted molar refractivity (Wildman–Crippen MR) is 61.7 cm³/mol. The average Bonchev–Trinajstić information content (AvgIpc) is 2.40. The summed E-state index contributed by atoms with van der Waals surface area (Å²) in [6.07, 6.45) is 6.59. The van der Waals surface area contributed by atoms with Gasteiger partial charge in [-0.1, -0.05) is 25.7 Å². The zero-order valence-electron chi connectivity index (χ0n) is 10.0. The van der Waals surface area contributed by atoms with Gasteiger partial charge in [0, 0.05) is 5.54 Å². The van der Waals surface area contributed by atoms with E-state index in [2.05, 4.69) is 0 Å². The van der Waals surface area contributed by atoms with Gasteiger partial charge in [-0.3, -0.25) is 0 Å². The van der Waals surface area contributed by atoms with Crippen molar-refractivity contribution in [2.24, 2.45) is 5.73 Å². The van der Waals surface area contributed by atoms with Gasteiger partial charge < -0.3 is 15.6 Å². The van der Waals surface area contributed by atoms with Crippen molar-refractivity contribution in [1.29, 1.82) is 0 Å². The van der Waals surface area contributed by atoms with Gasteiger partial charge in [-0.15, -0.1) is 0 Å². The lowest BCUT2D eigenvalue weighted by Crippen LogP contribution is -2.45. The number of hydrogen-bond acceptors (Lipinski definition) is 3. The molecule has 1 saturated carbocycles. The zero-order valence-corrected chi connectivity index (χ0v) is 10.0. The Kier molecular flexibility index (Phi) is 5.03. The normalized spacial score (nSPS) is 25.6. The Balaban J connectivity index is 2.34. The van der Waals surface area contributed by atoms with Gasteiger partial charge in [-0.2, -0.15) is 0 Å². The van der Waals surface area contributed by atoms with E-state index < -0.39 is 6.10 Å². The van der Waals surface area contributed by atoms with Crippen molar-refractivity contribution in [2.45, 2.75) is 70.1 Å². The van der Waals surface area contributed by atoms with Gasteiger partial charge >= 0.3 is 0 Å². The molecule has 90 valence electrons. The molecule has 2 atom stereocenters. The monoisotopic (exact) mass is 215 g/mol. The van der Waals surface area contributed by atoms with Crippen LogP contribution in [0.25, 0.3) is 0 Å². The molecular weight excluding hydrogens is 190 g/mol. The van der Waals surface area contributed by atoms with Crippen molar-refractivity contribution in [2.75, 3.05) is 6.61 Å². The van der Waals surface area contributed by atoms with Crippen molar-refractivity contribution < 1.29 is 9.84 Å². The number of ether oxygens (including phenoxy) is 1. The third kappa shape index (κ3) is 4.49. The summed E-state index contributed by atoms with van der Waals surface area (Å²) < 4.78 is 5.63. The van der Waals surface area contributed by atoms with Crippen LogP contribution in [0.2, 0.25) is 0 Å². The number of rotatable bonds is 4. The molecule has 0 aliphatic heterocycles. The fourth-order valence-electron chi connectivity index (χ4n) is 2.01. The SMILES string of the molecule is CC(O)C(C)OCC1(N)CCCCCC1. The van der Waals surface area contributed by atoms with Gasteiger partial charge in [-0.05, 0) is 26.7 Å². The first-order chi connectivity index (χ1) is 7.03. The lowest BCUT2D eigenvalue weighted by molar-refractivity contribution is -0.0390. The van der Waals surface area contributed by atoms with Gasteiger partial charge in [0.05, 0.1) is 18.8 Å². The Morgan fingerprint density at radius 1 is 1.20 bits per heavy atom. The summed E-state index contributed by atoms with van der Waals surface area (Å²) in [5, 5.41) is 9.32. The van der Waals surface area contributed by atoms with Crippen LogP contribution in [0.4, 0.5) is 0 Å². The maximum atomic E-state index is 9.32. The van der Waals surface area contributed by atoms with Crippen LogP contribution in [-0.4, -0.2) is 29.5 Å². The van der Waals surface area contributed by atoms with Crippen molar-refractivity contribution in [3.63, 3.8) is 0 Å². The average molecular weight is 215 g/mol. The molecule has 1 aliphatic rings. The van der Waals surface area contributed by atoms with Crippen molar-refractivity contribution >= 4 is 0 Å². The standard InChI is InChI=1S/C12H25NO2/c1-10(14)11(2)15-9-12(13)7-5-3-4-6-8-12/h10-11,14H,3-9,13H2,1-2H3. The minimum Gasteiger partial charge on any atom is -0.391 e. The van der Waals surface area contributed by atoms with Crippen molar-refractivity contribution in [3.05, 3.63) is 0 Å². The second kappa shape index (κ2) is 5.83. The Hall–Kier alpha value is -0.120. The molecule has 0 radical (unpaired) electrons. The minimum atomic E-state index is -0.417. The zero-order chi connectivity index (χ0) is 11.3. The van der Waals surface area contributed by atoms with Crippen LogP contribution in [-0.2, 0) is 4.74 Å². The van der Waals surface area contributed by atoms with E-state index in [9.17, 15) is 5.11 Å². The Morgan fingerprint density at radius 3 is 2.20 bits per heavy atom. The maximum Gasteiger partial charge on any atom is 0.0804 e. The molecule has 1 aliphatic carbocycles. The number of hydrogen-bond donors (Lipinski definition) is 2. The first kappa shape index (κ1) is 12.9. The summed E-state index contributed by atoms with van der Waals surface area (Å²) in [6, 6.07) is 0. The molecule has 3 nitrogen and oxygen atoms in total. The Morgan fingerprint density at radius 2 is 1.73 bits per heavy atom. The van der Waals surface area contributed by atoms with Gasteiger partial charge in [0.15, 0.2) is 0 Å². The second-order valence-electron chi connectivity index (χ2n) is 5.03. The van der Waals surface area contributed by atoms with Crippen molar-refractivity contribution in [1.82, 2.24) is 0 Å². The van der Waals surface area contributed by atoms with E-state index in [1.807, 2.05) is 6.92 Å². The highest BCUT2D eigenvalue weighted by Crippen LogP contribution is 2.25. The topological polar surface area (TPSA) is 55.5 Å². The van der Waals surface area contributed by atoms with Gasteiger partial charge in [0.2, 0.25) is 0 Å². The summed E-state index contributed by atoms with van der Waals surface area (Å²) >= 11 is 0. The molecule has 0 amide bonds. The number of aliphatic hydroxyl groups is 1. The first-order valence-corrected chi connectivity index (χ1v) is 6.12. The lowest BCUT2D eigenvalue weighted by Gasteiger charge is -2.30. The van der Waals surface area contributed by atoms with Crippen LogP contribution < -0.4 is 5.73 Å². The molecule has 0 saturated heterocycles. The largest absolute Gasteiger partial charge is 0.391 e. The maximum absolute atomic E-state index is 9.32. The third-order valence-electron chi connectivity index (χ3n) is 3.41. The molecule has 1 rings (SSSR count). The van der Waals surface area contributed by atoms with Gasteiger partial charge in [0.1, 0.15) is 0 Å². The van der Waals surface area contributed by atoms with E-state index in [4.69, 9.17) is 10.5 Å². The minimum absolute atomic E-state index is 0.117. The first-order valence-electron chi connectivity index (χ1n) is 6.12. The molecule has 0 spiro atoms. The predicted octanol–water partition coefficient (Wildman–Crippen LogP) is 1.82. The molecule has 0 aromatic heterocycles. The number of nitrogens with two attached hydrogens (primary N) is 1. The summed E-state index contributed by atoms with van der Waals surface area (Å²) in [4.78, 5) is 0. The summed E-state index contributed by atoms with van der Waals surface area (Å²) in [7, 11) is 0. The van der Waals surface area contributed by atoms with Crippen LogP contribution in [0.3, 0.4) is 0 Å². The van der Waals surface area contributed by atoms with E-state index in [-0.39, 0.29) is 11.6 Å². The van der Waals surface area contributed by atoms with Crippen LogP contribution in [0.5, 0.6) is 0 Å². The van der Waals surface area contributed by atoms with E-state index in [0.29, 0.717) is 6.61 Å².